The third-order valence-electron chi connectivity index (χ3n) is 4.66. The maximum Gasteiger partial charge on any atom is 0.337 e. The van der Waals surface area contributed by atoms with E-state index in [2.05, 4.69) is 4.98 Å². The number of aromatic nitrogens is 1. The summed E-state index contributed by atoms with van der Waals surface area (Å²) in [7, 11) is -3.94. The smallest absolute Gasteiger partial charge is 0.337 e. The molecule has 9 heteroatoms. The molecule has 0 radical (unpaired) electrons. The van der Waals surface area contributed by atoms with Gasteiger partial charge in [0.05, 0.1) is 20.9 Å². The van der Waals surface area contributed by atoms with E-state index in [0.29, 0.717) is 16.9 Å². The lowest BCUT2D eigenvalue weighted by Crippen LogP contribution is -2.06. The Morgan fingerprint density at radius 3 is 2.32 bits per heavy atom. The number of rotatable bonds is 7. The highest BCUT2D eigenvalue weighted by Gasteiger charge is 2.20. The van der Waals surface area contributed by atoms with Crippen LogP contribution in [0.4, 0.5) is 0 Å². The van der Waals surface area contributed by atoms with Gasteiger partial charge in [-0.15, -0.1) is 0 Å². The van der Waals surface area contributed by atoms with Gasteiger partial charge in [0, 0.05) is 18.0 Å². The number of ketones is 1. The minimum absolute atomic E-state index is 0.0137. The van der Waals surface area contributed by atoms with Crippen LogP contribution < -0.4 is 4.74 Å². The molecule has 0 saturated carbocycles. The van der Waals surface area contributed by atoms with Gasteiger partial charge in [0.2, 0.25) is 9.84 Å². The van der Waals surface area contributed by atoms with Crippen molar-refractivity contribution >= 4 is 21.6 Å². The van der Waals surface area contributed by atoms with Gasteiger partial charge in [0.1, 0.15) is 18.1 Å². The van der Waals surface area contributed by atoms with Gasteiger partial charge in [-0.25, -0.2) is 13.2 Å². The first kappa shape index (κ1) is 22.0. The minimum Gasteiger partial charge on any atom is -0.507 e. The van der Waals surface area contributed by atoms with Crippen molar-refractivity contribution in [3.8, 4) is 11.5 Å². The monoisotopic (exact) mass is 441 g/mol. The fraction of sp³-hybridized carbons (Fsp3) is 0.136. The predicted molar refractivity (Wildman–Crippen MR) is 110 cm³/mol. The second kappa shape index (κ2) is 8.57. The second-order valence-corrected chi connectivity index (χ2v) is 8.74. The Balaban J connectivity index is 1.78. The number of Topliss-reactive ketones (excluding diaryl/α,β-unsaturated/α-hetero) is 1. The molecule has 2 aromatic carbocycles. The first-order valence-electron chi connectivity index (χ1n) is 9.10. The Morgan fingerprint density at radius 2 is 1.71 bits per heavy atom. The molecule has 0 aliphatic carbocycles. The number of benzene rings is 2. The van der Waals surface area contributed by atoms with E-state index >= 15 is 0 Å². The number of hydrogen-bond acceptors (Lipinski definition) is 7. The van der Waals surface area contributed by atoms with E-state index in [0.717, 1.165) is 18.5 Å². The molecule has 0 spiro atoms. The lowest BCUT2D eigenvalue weighted by atomic mass is 10.1. The molecule has 1 aromatic heterocycles. The number of aromatic carboxylic acids is 1. The molecule has 0 fully saturated rings. The molecule has 0 aliphatic heterocycles. The van der Waals surface area contributed by atoms with Crippen LogP contribution in [0.25, 0.3) is 0 Å². The first-order valence-corrected chi connectivity index (χ1v) is 10.6. The number of phenols is 1. The maximum absolute atomic E-state index is 12.7. The van der Waals surface area contributed by atoms with Crippen molar-refractivity contribution < 1.29 is 33.0 Å². The quantitative estimate of drug-likeness (QED) is 0.533. The highest BCUT2D eigenvalue weighted by atomic mass is 32.2. The molecule has 3 aromatic rings. The summed E-state index contributed by atoms with van der Waals surface area (Å²) in [6, 6.07) is 10.1. The molecule has 2 N–H and O–H groups in total. The van der Waals surface area contributed by atoms with Crippen LogP contribution >= 0.6 is 0 Å². The van der Waals surface area contributed by atoms with Crippen LogP contribution in [0.1, 0.15) is 38.8 Å². The molecule has 0 amide bonds. The standard InChI is InChI=1S/C22H19NO7S/c1-13-20(8-7-19(14(2)24)21(13)25)30-12-15-3-5-17(6-4-15)31(28,29)18-9-16(22(26)27)10-23-11-18/h3-11,25H,12H2,1-2H3,(H,26,27). The zero-order chi connectivity index (χ0) is 22.8. The maximum atomic E-state index is 12.7. The molecule has 31 heavy (non-hydrogen) atoms. The Kier molecular flexibility index (Phi) is 6.07. The SMILES string of the molecule is CC(=O)c1ccc(OCc2ccc(S(=O)(=O)c3cncc(C(=O)O)c3)cc2)c(C)c1O. The molecule has 1 heterocycles. The third-order valence-corrected chi connectivity index (χ3v) is 6.40. The number of carboxylic acid groups (broad SMARTS) is 1. The largest absolute Gasteiger partial charge is 0.507 e. The van der Waals surface area contributed by atoms with Crippen molar-refractivity contribution in [1.29, 1.82) is 0 Å². The van der Waals surface area contributed by atoms with Crippen molar-refractivity contribution in [1.82, 2.24) is 4.98 Å². The van der Waals surface area contributed by atoms with Gasteiger partial charge < -0.3 is 14.9 Å². The molecular weight excluding hydrogens is 422 g/mol. The Morgan fingerprint density at radius 1 is 1.03 bits per heavy atom. The number of phenolic OH excluding ortho intramolecular Hbond substituents is 1. The molecule has 0 unspecified atom stereocenters. The Bertz CT molecular complexity index is 1270. The van der Waals surface area contributed by atoms with E-state index in [1.54, 1.807) is 25.1 Å². The number of nitrogens with zero attached hydrogens (tertiary/aromatic N) is 1. The normalized spacial score (nSPS) is 11.2. The zero-order valence-corrected chi connectivity index (χ0v) is 17.5. The van der Waals surface area contributed by atoms with E-state index in [1.165, 1.54) is 25.1 Å². The fourth-order valence-electron chi connectivity index (χ4n) is 2.87. The lowest BCUT2D eigenvalue weighted by Gasteiger charge is -2.12. The number of sulfone groups is 1. The van der Waals surface area contributed by atoms with Crippen molar-refractivity contribution in [2.45, 2.75) is 30.2 Å². The molecule has 8 nitrogen and oxygen atoms in total. The first-order chi connectivity index (χ1) is 14.6. The molecule has 0 saturated heterocycles. The molecular formula is C22H19NO7S. The van der Waals surface area contributed by atoms with Crippen LogP contribution in [-0.2, 0) is 16.4 Å². The summed E-state index contributed by atoms with van der Waals surface area (Å²) in [6.07, 6.45) is 2.17. The summed E-state index contributed by atoms with van der Waals surface area (Å²) in [5, 5.41) is 19.2. The number of ether oxygens (including phenoxy) is 1. The summed E-state index contributed by atoms with van der Waals surface area (Å²) in [5.74, 6) is -1.26. The molecule has 0 bridgehead atoms. The average molecular weight is 441 g/mol. The van der Waals surface area contributed by atoms with Crippen LogP contribution in [0.2, 0.25) is 0 Å². The van der Waals surface area contributed by atoms with Gasteiger partial charge in [-0.3, -0.25) is 9.78 Å². The number of pyridine rings is 1. The second-order valence-electron chi connectivity index (χ2n) is 6.79. The number of hydrogen-bond donors (Lipinski definition) is 2. The highest BCUT2D eigenvalue weighted by molar-refractivity contribution is 7.91. The molecule has 3 rings (SSSR count). The number of aromatic hydroxyl groups is 1. The molecule has 160 valence electrons. The van der Waals surface area contributed by atoms with E-state index in [-0.39, 0.29) is 39.1 Å². The highest BCUT2D eigenvalue weighted by Crippen LogP contribution is 2.31. The Labute approximate surface area is 178 Å². The number of carbonyl (C=O) groups is 2. The van der Waals surface area contributed by atoms with Crippen molar-refractivity contribution in [3.05, 3.63) is 77.1 Å². The summed E-state index contributed by atoms with van der Waals surface area (Å²) >= 11 is 0. The van der Waals surface area contributed by atoms with Gasteiger partial charge in [-0.1, -0.05) is 12.1 Å². The van der Waals surface area contributed by atoms with Crippen LogP contribution in [0.15, 0.2) is 64.6 Å². The summed E-state index contributed by atoms with van der Waals surface area (Å²) in [5.41, 5.74) is 1.09. The third kappa shape index (κ3) is 4.56. The average Bonchev–Trinajstić information content (AvgIpc) is 2.75. The van der Waals surface area contributed by atoms with Gasteiger partial charge in [-0.05, 0) is 49.7 Å². The van der Waals surface area contributed by atoms with Gasteiger partial charge >= 0.3 is 5.97 Å². The molecule has 0 aliphatic rings. The topological polar surface area (TPSA) is 131 Å². The predicted octanol–water partition coefficient (Wildman–Crippen LogP) is 3.41. The van der Waals surface area contributed by atoms with Crippen LogP contribution in [0.5, 0.6) is 11.5 Å². The summed E-state index contributed by atoms with van der Waals surface area (Å²) in [6.45, 7) is 3.10. The lowest BCUT2D eigenvalue weighted by molar-refractivity contribution is 0.0696. The van der Waals surface area contributed by atoms with Crippen molar-refractivity contribution in [2.24, 2.45) is 0 Å². The summed E-state index contributed by atoms with van der Waals surface area (Å²) < 4.78 is 31.2. The number of carboxylic acids is 1. The van der Waals surface area contributed by atoms with Gasteiger partial charge in [-0.2, -0.15) is 0 Å². The fourth-order valence-corrected chi connectivity index (χ4v) is 4.12. The van der Waals surface area contributed by atoms with Crippen molar-refractivity contribution in [2.75, 3.05) is 0 Å². The van der Waals surface area contributed by atoms with Crippen LogP contribution in [0, 0.1) is 6.92 Å². The zero-order valence-electron chi connectivity index (χ0n) is 16.7. The minimum atomic E-state index is -3.94. The van der Waals surface area contributed by atoms with Crippen LogP contribution in [0.3, 0.4) is 0 Å². The van der Waals surface area contributed by atoms with Gasteiger partial charge in [0.15, 0.2) is 5.78 Å². The summed E-state index contributed by atoms with van der Waals surface area (Å²) in [4.78, 5) is 26.0. The van der Waals surface area contributed by atoms with E-state index in [9.17, 15) is 23.1 Å². The van der Waals surface area contributed by atoms with E-state index < -0.39 is 15.8 Å². The molecule has 0 atom stereocenters. The van der Waals surface area contributed by atoms with Crippen molar-refractivity contribution in [3.63, 3.8) is 0 Å². The Hall–Kier alpha value is -3.72. The van der Waals surface area contributed by atoms with Crippen LogP contribution in [-0.4, -0.2) is 35.4 Å². The number of carbonyl (C=O) groups excluding carboxylic acids is 1. The van der Waals surface area contributed by atoms with Gasteiger partial charge in [0.25, 0.3) is 0 Å². The van der Waals surface area contributed by atoms with E-state index in [1.807, 2.05) is 0 Å². The van der Waals surface area contributed by atoms with E-state index in [4.69, 9.17) is 9.84 Å².